The standard InChI is InChI=1S/C12H19NO/c1-4-5-7-13-8-6-11(10(2)3)9-12(13)14/h1,10-11H,5-9H2,2-3H3. The van der Waals surface area contributed by atoms with Gasteiger partial charge < -0.3 is 4.90 Å². The molecule has 0 spiro atoms. The van der Waals surface area contributed by atoms with Crippen molar-refractivity contribution in [1.82, 2.24) is 4.90 Å². The maximum Gasteiger partial charge on any atom is 0.222 e. The molecule has 0 radical (unpaired) electrons. The van der Waals surface area contributed by atoms with Crippen LogP contribution in [0.2, 0.25) is 0 Å². The zero-order chi connectivity index (χ0) is 10.6. The minimum Gasteiger partial charge on any atom is -0.342 e. The molecule has 0 saturated carbocycles. The van der Waals surface area contributed by atoms with E-state index in [1.165, 1.54) is 0 Å². The Morgan fingerprint density at radius 3 is 2.86 bits per heavy atom. The predicted octanol–water partition coefficient (Wildman–Crippen LogP) is 1.90. The Kier molecular flexibility index (Phi) is 4.00. The summed E-state index contributed by atoms with van der Waals surface area (Å²) in [5, 5.41) is 0. The Hall–Kier alpha value is -0.970. The fourth-order valence-corrected chi connectivity index (χ4v) is 1.91. The second kappa shape index (κ2) is 5.05. The molecule has 1 fully saturated rings. The maximum absolute atomic E-state index is 11.7. The summed E-state index contributed by atoms with van der Waals surface area (Å²) in [4.78, 5) is 13.6. The molecular formula is C12H19NO. The fourth-order valence-electron chi connectivity index (χ4n) is 1.91. The molecule has 0 N–H and O–H groups in total. The molecule has 2 nitrogen and oxygen atoms in total. The Morgan fingerprint density at radius 1 is 1.64 bits per heavy atom. The monoisotopic (exact) mass is 193 g/mol. The van der Waals surface area contributed by atoms with Crippen molar-refractivity contribution in [3.8, 4) is 12.3 Å². The number of nitrogens with zero attached hydrogens (tertiary/aromatic N) is 1. The average Bonchev–Trinajstić information content (AvgIpc) is 2.15. The quantitative estimate of drug-likeness (QED) is 0.627. The molecule has 0 aromatic heterocycles. The van der Waals surface area contributed by atoms with Gasteiger partial charge in [0.15, 0.2) is 0 Å². The van der Waals surface area contributed by atoms with Crippen LogP contribution in [0.15, 0.2) is 0 Å². The van der Waals surface area contributed by atoms with Crippen molar-refractivity contribution in [2.24, 2.45) is 11.8 Å². The summed E-state index contributed by atoms with van der Waals surface area (Å²) in [7, 11) is 0. The lowest BCUT2D eigenvalue weighted by atomic mass is 9.86. The summed E-state index contributed by atoms with van der Waals surface area (Å²) in [6.45, 7) is 6.01. The van der Waals surface area contributed by atoms with E-state index >= 15 is 0 Å². The van der Waals surface area contributed by atoms with Gasteiger partial charge in [-0.1, -0.05) is 13.8 Å². The molecular weight excluding hydrogens is 174 g/mol. The van der Waals surface area contributed by atoms with Crippen molar-refractivity contribution >= 4 is 5.91 Å². The van der Waals surface area contributed by atoms with Gasteiger partial charge in [0.25, 0.3) is 0 Å². The molecule has 1 unspecified atom stereocenters. The van der Waals surface area contributed by atoms with Gasteiger partial charge in [0.2, 0.25) is 5.91 Å². The van der Waals surface area contributed by atoms with E-state index in [0.29, 0.717) is 24.7 Å². The number of carbonyl (C=O) groups excluding carboxylic acids is 1. The van der Waals surface area contributed by atoms with Gasteiger partial charge in [-0.25, -0.2) is 0 Å². The van der Waals surface area contributed by atoms with Crippen LogP contribution in [-0.4, -0.2) is 23.9 Å². The van der Waals surface area contributed by atoms with Crippen molar-refractivity contribution in [3.05, 3.63) is 0 Å². The lowest BCUT2D eigenvalue weighted by Gasteiger charge is -2.33. The highest BCUT2D eigenvalue weighted by atomic mass is 16.2. The highest BCUT2D eigenvalue weighted by molar-refractivity contribution is 5.77. The zero-order valence-electron chi connectivity index (χ0n) is 9.12. The number of hydrogen-bond donors (Lipinski definition) is 0. The second-order valence-electron chi connectivity index (χ2n) is 4.33. The van der Waals surface area contributed by atoms with Gasteiger partial charge in [0, 0.05) is 25.9 Å². The van der Waals surface area contributed by atoms with Crippen LogP contribution in [0.5, 0.6) is 0 Å². The van der Waals surface area contributed by atoms with Gasteiger partial charge >= 0.3 is 0 Å². The average molecular weight is 193 g/mol. The Bertz CT molecular complexity index is 239. The molecule has 1 heterocycles. The van der Waals surface area contributed by atoms with Crippen molar-refractivity contribution < 1.29 is 4.79 Å². The van der Waals surface area contributed by atoms with Gasteiger partial charge in [-0.3, -0.25) is 4.79 Å². The molecule has 1 aliphatic heterocycles. The molecule has 1 rings (SSSR count). The molecule has 1 aliphatic rings. The first kappa shape index (κ1) is 11.1. The number of amides is 1. The molecule has 0 bridgehead atoms. The van der Waals surface area contributed by atoms with E-state index in [-0.39, 0.29) is 5.91 Å². The van der Waals surface area contributed by atoms with Crippen LogP contribution in [0, 0.1) is 24.2 Å². The van der Waals surface area contributed by atoms with Crippen molar-refractivity contribution in [1.29, 1.82) is 0 Å². The third-order valence-corrected chi connectivity index (χ3v) is 3.03. The van der Waals surface area contributed by atoms with Crippen molar-refractivity contribution in [3.63, 3.8) is 0 Å². The second-order valence-corrected chi connectivity index (χ2v) is 4.33. The van der Waals surface area contributed by atoms with E-state index in [1.807, 2.05) is 4.90 Å². The molecule has 78 valence electrons. The van der Waals surface area contributed by atoms with Gasteiger partial charge in [-0.15, -0.1) is 12.3 Å². The third kappa shape index (κ3) is 2.77. The van der Waals surface area contributed by atoms with Gasteiger partial charge in [-0.2, -0.15) is 0 Å². The van der Waals surface area contributed by atoms with Gasteiger partial charge in [0.05, 0.1) is 0 Å². The van der Waals surface area contributed by atoms with Crippen LogP contribution < -0.4 is 0 Å². The van der Waals surface area contributed by atoms with Gasteiger partial charge in [0.1, 0.15) is 0 Å². The SMILES string of the molecule is C#CCCN1CCC(C(C)C)CC1=O. The maximum atomic E-state index is 11.7. The molecule has 2 heteroatoms. The number of piperidine rings is 1. The molecule has 0 aromatic rings. The minimum absolute atomic E-state index is 0.283. The largest absolute Gasteiger partial charge is 0.342 e. The normalized spacial score (nSPS) is 22.6. The van der Waals surface area contributed by atoms with E-state index in [2.05, 4.69) is 19.8 Å². The lowest BCUT2D eigenvalue weighted by molar-refractivity contribution is -0.135. The number of terminal acetylenes is 1. The van der Waals surface area contributed by atoms with Crippen LogP contribution in [0.3, 0.4) is 0 Å². The lowest BCUT2D eigenvalue weighted by Crippen LogP contribution is -2.40. The Morgan fingerprint density at radius 2 is 2.36 bits per heavy atom. The number of likely N-dealkylation sites (tertiary alicyclic amines) is 1. The molecule has 14 heavy (non-hydrogen) atoms. The number of hydrogen-bond acceptors (Lipinski definition) is 1. The van der Waals surface area contributed by atoms with Gasteiger partial charge in [-0.05, 0) is 18.3 Å². The Balaban J connectivity index is 2.41. The van der Waals surface area contributed by atoms with E-state index in [1.54, 1.807) is 0 Å². The summed E-state index contributed by atoms with van der Waals surface area (Å²) in [5.74, 6) is 4.05. The van der Waals surface area contributed by atoms with Crippen LogP contribution in [0.1, 0.15) is 33.1 Å². The highest BCUT2D eigenvalue weighted by Gasteiger charge is 2.26. The summed E-state index contributed by atoms with van der Waals surface area (Å²) >= 11 is 0. The van der Waals surface area contributed by atoms with Crippen LogP contribution in [-0.2, 0) is 4.79 Å². The summed E-state index contributed by atoms with van der Waals surface area (Å²) in [5.41, 5.74) is 0. The molecule has 1 atom stereocenters. The van der Waals surface area contributed by atoms with Crippen molar-refractivity contribution in [2.75, 3.05) is 13.1 Å². The third-order valence-electron chi connectivity index (χ3n) is 3.03. The first-order chi connectivity index (χ1) is 6.65. The molecule has 0 aromatic carbocycles. The molecule has 1 amide bonds. The van der Waals surface area contributed by atoms with E-state index in [9.17, 15) is 4.79 Å². The van der Waals surface area contributed by atoms with Crippen molar-refractivity contribution in [2.45, 2.75) is 33.1 Å². The first-order valence-electron chi connectivity index (χ1n) is 5.36. The predicted molar refractivity (Wildman–Crippen MR) is 57.6 cm³/mol. The Labute approximate surface area is 86.7 Å². The smallest absolute Gasteiger partial charge is 0.222 e. The number of rotatable bonds is 3. The minimum atomic E-state index is 0.283. The number of carbonyl (C=O) groups is 1. The van der Waals surface area contributed by atoms with E-state index < -0.39 is 0 Å². The zero-order valence-corrected chi connectivity index (χ0v) is 9.12. The summed E-state index contributed by atoms with van der Waals surface area (Å²) in [6.07, 6.45) is 7.70. The fraction of sp³-hybridized carbons (Fsp3) is 0.750. The molecule has 0 aliphatic carbocycles. The van der Waals surface area contributed by atoms with E-state index in [0.717, 1.165) is 19.5 Å². The summed E-state index contributed by atoms with van der Waals surface area (Å²) < 4.78 is 0. The van der Waals surface area contributed by atoms with Crippen LogP contribution in [0.25, 0.3) is 0 Å². The van der Waals surface area contributed by atoms with Crippen LogP contribution in [0.4, 0.5) is 0 Å². The molecule has 1 saturated heterocycles. The van der Waals surface area contributed by atoms with E-state index in [4.69, 9.17) is 6.42 Å². The summed E-state index contributed by atoms with van der Waals surface area (Å²) in [6, 6.07) is 0. The highest BCUT2D eigenvalue weighted by Crippen LogP contribution is 2.25. The van der Waals surface area contributed by atoms with Crippen LogP contribution >= 0.6 is 0 Å². The first-order valence-corrected chi connectivity index (χ1v) is 5.36. The topological polar surface area (TPSA) is 20.3 Å².